The van der Waals surface area contributed by atoms with Gasteiger partial charge in [0.15, 0.2) is 5.65 Å². The number of hydrogen-bond donors (Lipinski definition) is 1. The molecule has 6 nitrogen and oxygen atoms in total. The summed E-state index contributed by atoms with van der Waals surface area (Å²) in [6.45, 7) is 5.97. The molecule has 0 aliphatic carbocycles. The van der Waals surface area contributed by atoms with Gasteiger partial charge in [0.25, 0.3) is 0 Å². The number of esters is 1. The SMILES string of the molecule is CCOC(=O)c1cn2c(C)nnc2cc1Nc1ccc(I)cc1C. The average Bonchev–Trinajstić information content (AvgIpc) is 2.90. The molecule has 0 unspecified atom stereocenters. The topological polar surface area (TPSA) is 68.5 Å². The highest BCUT2D eigenvalue weighted by atomic mass is 127. The lowest BCUT2D eigenvalue weighted by atomic mass is 10.1. The maximum atomic E-state index is 12.4. The summed E-state index contributed by atoms with van der Waals surface area (Å²) in [4.78, 5) is 12.4. The minimum Gasteiger partial charge on any atom is -0.462 e. The number of carbonyl (C=O) groups excluding carboxylic acids is 1. The second kappa shape index (κ2) is 6.76. The van der Waals surface area contributed by atoms with Gasteiger partial charge in [-0.05, 0) is 67.1 Å². The largest absolute Gasteiger partial charge is 0.462 e. The van der Waals surface area contributed by atoms with Crippen molar-refractivity contribution >= 4 is 45.6 Å². The van der Waals surface area contributed by atoms with Crippen molar-refractivity contribution in [1.29, 1.82) is 0 Å². The van der Waals surface area contributed by atoms with Crippen LogP contribution in [-0.2, 0) is 4.74 Å². The monoisotopic (exact) mass is 436 g/mol. The minimum atomic E-state index is -0.377. The summed E-state index contributed by atoms with van der Waals surface area (Å²) < 4.78 is 8.12. The smallest absolute Gasteiger partial charge is 0.341 e. The number of fused-ring (bicyclic) bond motifs is 1. The molecule has 7 heteroatoms. The highest BCUT2D eigenvalue weighted by Gasteiger charge is 2.17. The maximum Gasteiger partial charge on any atom is 0.341 e. The van der Waals surface area contributed by atoms with Crippen molar-refractivity contribution in [3.05, 3.63) is 51.0 Å². The van der Waals surface area contributed by atoms with Crippen LogP contribution in [0.4, 0.5) is 11.4 Å². The molecule has 0 bridgehead atoms. The number of aryl methyl sites for hydroxylation is 2. The van der Waals surface area contributed by atoms with Crippen LogP contribution in [0.2, 0.25) is 0 Å². The number of anilines is 2. The average molecular weight is 436 g/mol. The number of aromatic nitrogens is 3. The molecule has 0 radical (unpaired) electrons. The Labute approximate surface area is 153 Å². The number of ether oxygens (including phenoxy) is 1. The normalized spacial score (nSPS) is 10.8. The van der Waals surface area contributed by atoms with Crippen molar-refractivity contribution in [2.24, 2.45) is 0 Å². The molecular weight excluding hydrogens is 419 g/mol. The third-order valence-electron chi connectivity index (χ3n) is 3.67. The highest BCUT2D eigenvalue weighted by Crippen LogP contribution is 2.26. The van der Waals surface area contributed by atoms with Gasteiger partial charge in [0.1, 0.15) is 5.82 Å². The van der Waals surface area contributed by atoms with Crippen molar-refractivity contribution in [2.45, 2.75) is 20.8 Å². The molecule has 0 fully saturated rings. The van der Waals surface area contributed by atoms with Gasteiger partial charge in [-0.1, -0.05) is 0 Å². The summed E-state index contributed by atoms with van der Waals surface area (Å²) in [5.41, 5.74) is 3.80. The van der Waals surface area contributed by atoms with E-state index in [1.54, 1.807) is 17.5 Å². The van der Waals surface area contributed by atoms with Crippen molar-refractivity contribution in [3.63, 3.8) is 0 Å². The van der Waals surface area contributed by atoms with Crippen LogP contribution >= 0.6 is 22.6 Å². The van der Waals surface area contributed by atoms with Crippen LogP contribution in [0.1, 0.15) is 28.7 Å². The molecule has 1 N–H and O–H groups in total. The van der Waals surface area contributed by atoms with Gasteiger partial charge in [0.2, 0.25) is 0 Å². The highest BCUT2D eigenvalue weighted by molar-refractivity contribution is 14.1. The molecule has 0 aliphatic rings. The fourth-order valence-corrected chi connectivity index (χ4v) is 3.08. The number of pyridine rings is 1. The van der Waals surface area contributed by atoms with Crippen molar-refractivity contribution in [1.82, 2.24) is 14.6 Å². The van der Waals surface area contributed by atoms with Gasteiger partial charge in [0.05, 0.1) is 17.9 Å². The number of nitrogens with one attached hydrogen (secondary N) is 1. The van der Waals surface area contributed by atoms with Crippen LogP contribution < -0.4 is 5.32 Å². The van der Waals surface area contributed by atoms with Gasteiger partial charge in [-0.15, -0.1) is 10.2 Å². The fraction of sp³-hybridized carbons (Fsp3) is 0.235. The van der Waals surface area contributed by atoms with E-state index < -0.39 is 0 Å². The molecule has 0 aliphatic heterocycles. The molecule has 3 aromatic rings. The van der Waals surface area contributed by atoms with Gasteiger partial charge in [-0.25, -0.2) is 4.79 Å². The first-order valence-electron chi connectivity index (χ1n) is 7.55. The molecule has 0 saturated carbocycles. The predicted octanol–water partition coefficient (Wildman–Crippen LogP) is 3.87. The van der Waals surface area contributed by atoms with E-state index in [1.807, 2.05) is 32.0 Å². The first-order chi connectivity index (χ1) is 11.5. The molecule has 0 amide bonds. The standard InChI is InChI=1S/C17H17IN4O2/c1-4-24-17(23)13-9-22-11(3)20-21-16(22)8-15(13)19-14-6-5-12(18)7-10(14)2/h5-9,19H,4H2,1-3H3. The van der Waals surface area contributed by atoms with Crippen LogP contribution in [0.25, 0.3) is 5.65 Å². The Balaban J connectivity index is 2.10. The molecule has 0 spiro atoms. The maximum absolute atomic E-state index is 12.4. The summed E-state index contributed by atoms with van der Waals surface area (Å²) in [5, 5.41) is 11.5. The van der Waals surface area contributed by atoms with E-state index in [2.05, 4.69) is 44.2 Å². The number of halogens is 1. The van der Waals surface area contributed by atoms with Crippen LogP contribution in [-0.4, -0.2) is 27.2 Å². The van der Waals surface area contributed by atoms with Crippen LogP contribution in [0, 0.1) is 17.4 Å². The summed E-state index contributed by atoms with van der Waals surface area (Å²) in [6.07, 6.45) is 1.72. The Kier molecular flexibility index (Phi) is 4.70. The molecular formula is C17H17IN4O2. The van der Waals surface area contributed by atoms with Crippen LogP contribution in [0.5, 0.6) is 0 Å². The second-order valence-corrected chi connectivity index (χ2v) is 6.63. The van der Waals surface area contributed by atoms with Gasteiger partial charge < -0.3 is 10.1 Å². The number of carbonyl (C=O) groups is 1. The molecule has 0 saturated heterocycles. The lowest BCUT2D eigenvalue weighted by Crippen LogP contribution is -2.10. The van der Waals surface area contributed by atoms with E-state index in [0.29, 0.717) is 29.3 Å². The lowest BCUT2D eigenvalue weighted by Gasteiger charge is -2.14. The van der Waals surface area contributed by atoms with Crippen LogP contribution in [0.15, 0.2) is 30.5 Å². The number of rotatable bonds is 4. The Morgan fingerprint density at radius 3 is 2.75 bits per heavy atom. The molecule has 1 aromatic carbocycles. The Hall–Kier alpha value is -2.16. The lowest BCUT2D eigenvalue weighted by molar-refractivity contribution is 0.0527. The van der Waals surface area contributed by atoms with Crippen molar-refractivity contribution in [2.75, 3.05) is 11.9 Å². The number of nitrogens with zero attached hydrogens (tertiary/aromatic N) is 3. The molecule has 3 rings (SSSR count). The number of benzene rings is 1. The quantitative estimate of drug-likeness (QED) is 0.497. The Morgan fingerprint density at radius 1 is 1.25 bits per heavy atom. The zero-order chi connectivity index (χ0) is 17.3. The van der Waals surface area contributed by atoms with Crippen molar-refractivity contribution < 1.29 is 9.53 Å². The van der Waals surface area contributed by atoms with E-state index >= 15 is 0 Å². The van der Waals surface area contributed by atoms with Gasteiger partial charge >= 0.3 is 5.97 Å². The van der Waals surface area contributed by atoms with E-state index in [-0.39, 0.29) is 5.97 Å². The molecule has 24 heavy (non-hydrogen) atoms. The van der Waals surface area contributed by atoms with Crippen molar-refractivity contribution in [3.8, 4) is 0 Å². The van der Waals surface area contributed by atoms with Gasteiger partial charge in [-0.3, -0.25) is 4.40 Å². The van der Waals surface area contributed by atoms with Crippen LogP contribution in [0.3, 0.4) is 0 Å². The summed E-state index contributed by atoms with van der Waals surface area (Å²) in [7, 11) is 0. The first kappa shape index (κ1) is 16.7. The van der Waals surface area contributed by atoms with E-state index in [9.17, 15) is 4.79 Å². The summed E-state index contributed by atoms with van der Waals surface area (Å²) >= 11 is 2.27. The molecule has 2 aromatic heterocycles. The first-order valence-corrected chi connectivity index (χ1v) is 8.63. The Bertz CT molecular complexity index is 920. The predicted molar refractivity (Wildman–Crippen MR) is 101 cm³/mol. The fourth-order valence-electron chi connectivity index (χ4n) is 2.44. The zero-order valence-electron chi connectivity index (χ0n) is 13.6. The minimum absolute atomic E-state index is 0.319. The number of hydrogen-bond acceptors (Lipinski definition) is 5. The summed E-state index contributed by atoms with van der Waals surface area (Å²) in [6, 6.07) is 7.89. The van der Waals surface area contributed by atoms with Gasteiger partial charge in [-0.2, -0.15) is 0 Å². The molecule has 2 heterocycles. The zero-order valence-corrected chi connectivity index (χ0v) is 15.8. The third-order valence-corrected chi connectivity index (χ3v) is 4.34. The van der Waals surface area contributed by atoms with Gasteiger partial charge in [0, 0.05) is 21.5 Å². The third kappa shape index (κ3) is 3.21. The summed E-state index contributed by atoms with van der Waals surface area (Å²) in [5.74, 6) is 0.339. The van der Waals surface area contributed by atoms with E-state index in [1.165, 1.54) is 0 Å². The second-order valence-electron chi connectivity index (χ2n) is 5.38. The molecule has 0 atom stereocenters. The molecule has 124 valence electrons. The Morgan fingerprint density at radius 2 is 2.04 bits per heavy atom. The van der Waals surface area contributed by atoms with E-state index in [0.717, 1.165) is 14.8 Å². The van der Waals surface area contributed by atoms with E-state index in [4.69, 9.17) is 4.74 Å².